The van der Waals surface area contributed by atoms with Crippen molar-refractivity contribution in [3.8, 4) is 0 Å². The zero-order valence-corrected chi connectivity index (χ0v) is 11.1. The monoisotopic (exact) mass is 269 g/mol. The van der Waals surface area contributed by atoms with Gasteiger partial charge in [-0.05, 0) is 37.1 Å². The lowest BCUT2D eigenvalue weighted by molar-refractivity contribution is -0.141. The Morgan fingerprint density at radius 1 is 1.44 bits per heavy atom. The third-order valence-electron chi connectivity index (χ3n) is 2.78. The molecule has 5 heteroatoms. The van der Waals surface area contributed by atoms with Crippen LogP contribution in [0.15, 0.2) is 18.2 Å². The molecule has 0 aliphatic heterocycles. The number of aryl methyl sites for hydroxylation is 1. The lowest BCUT2D eigenvalue weighted by Crippen LogP contribution is -2.32. The first-order chi connectivity index (χ1) is 8.45. The number of hydrogen-bond acceptors (Lipinski definition) is 2. The van der Waals surface area contributed by atoms with Crippen LogP contribution in [0.25, 0.3) is 0 Å². The maximum absolute atomic E-state index is 11.9. The summed E-state index contributed by atoms with van der Waals surface area (Å²) in [6.07, 6.45) is 0.481. The molecule has 0 bridgehead atoms. The second-order valence-corrected chi connectivity index (χ2v) is 4.55. The molecular weight excluding hydrogens is 254 g/mol. The van der Waals surface area contributed by atoms with Gasteiger partial charge in [-0.15, -0.1) is 0 Å². The average Bonchev–Trinajstić information content (AvgIpc) is 2.28. The van der Waals surface area contributed by atoms with Crippen molar-refractivity contribution >= 4 is 23.5 Å². The fourth-order valence-electron chi connectivity index (χ4n) is 1.60. The maximum Gasteiger partial charge on any atom is 0.308 e. The van der Waals surface area contributed by atoms with Gasteiger partial charge in [0.15, 0.2) is 0 Å². The van der Waals surface area contributed by atoms with E-state index in [1.165, 1.54) is 0 Å². The molecule has 0 heterocycles. The smallest absolute Gasteiger partial charge is 0.308 e. The van der Waals surface area contributed by atoms with Crippen molar-refractivity contribution < 1.29 is 14.7 Å². The Hall–Kier alpha value is -1.55. The van der Waals surface area contributed by atoms with Crippen LogP contribution in [-0.2, 0) is 4.79 Å². The predicted molar refractivity (Wildman–Crippen MR) is 69.9 cm³/mol. The number of benzene rings is 1. The van der Waals surface area contributed by atoms with Gasteiger partial charge in [0.25, 0.3) is 5.91 Å². The molecule has 2 N–H and O–H groups in total. The van der Waals surface area contributed by atoms with Crippen molar-refractivity contribution in [2.24, 2.45) is 5.92 Å². The van der Waals surface area contributed by atoms with Gasteiger partial charge < -0.3 is 10.4 Å². The molecule has 1 aromatic carbocycles. The zero-order valence-electron chi connectivity index (χ0n) is 10.4. The normalized spacial score (nSPS) is 11.9. The van der Waals surface area contributed by atoms with E-state index in [0.717, 1.165) is 5.56 Å². The average molecular weight is 270 g/mol. The maximum atomic E-state index is 11.9. The van der Waals surface area contributed by atoms with Crippen LogP contribution in [0.1, 0.15) is 29.3 Å². The van der Waals surface area contributed by atoms with Crippen molar-refractivity contribution in [3.05, 3.63) is 34.3 Å². The summed E-state index contributed by atoms with van der Waals surface area (Å²) < 4.78 is 0. The Labute approximate surface area is 111 Å². The molecule has 18 heavy (non-hydrogen) atoms. The van der Waals surface area contributed by atoms with Gasteiger partial charge in [0.05, 0.1) is 5.92 Å². The Balaban J connectivity index is 2.68. The summed E-state index contributed by atoms with van der Waals surface area (Å²) in [5.41, 5.74) is 1.28. The molecule has 0 fully saturated rings. The molecule has 0 aliphatic carbocycles. The van der Waals surface area contributed by atoms with Crippen LogP contribution in [0.3, 0.4) is 0 Å². The molecule has 1 unspecified atom stereocenters. The first-order valence-electron chi connectivity index (χ1n) is 5.72. The van der Waals surface area contributed by atoms with Crippen LogP contribution in [0.4, 0.5) is 0 Å². The van der Waals surface area contributed by atoms with E-state index in [-0.39, 0.29) is 12.5 Å². The van der Waals surface area contributed by atoms with Crippen molar-refractivity contribution in [2.45, 2.75) is 20.3 Å². The van der Waals surface area contributed by atoms with Gasteiger partial charge in [-0.3, -0.25) is 9.59 Å². The highest BCUT2D eigenvalue weighted by molar-refractivity contribution is 6.30. The molecule has 1 rings (SSSR count). The van der Waals surface area contributed by atoms with Crippen LogP contribution < -0.4 is 5.32 Å². The number of nitrogens with one attached hydrogen (secondary N) is 1. The summed E-state index contributed by atoms with van der Waals surface area (Å²) in [6.45, 7) is 3.69. The van der Waals surface area contributed by atoms with Crippen molar-refractivity contribution in [1.82, 2.24) is 5.32 Å². The topological polar surface area (TPSA) is 66.4 Å². The Kier molecular flexibility index (Phi) is 5.16. The van der Waals surface area contributed by atoms with E-state index in [9.17, 15) is 9.59 Å². The minimum absolute atomic E-state index is 0.132. The number of carbonyl (C=O) groups is 2. The number of amides is 1. The molecule has 0 saturated heterocycles. The highest BCUT2D eigenvalue weighted by atomic mass is 35.5. The molecule has 98 valence electrons. The van der Waals surface area contributed by atoms with Gasteiger partial charge in [0.1, 0.15) is 0 Å². The van der Waals surface area contributed by atoms with E-state index in [1.807, 2.05) is 0 Å². The first kappa shape index (κ1) is 14.5. The molecular formula is C13H16ClNO3. The fraction of sp³-hybridized carbons (Fsp3) is 0.385. The lowest BCUT2D eigenvalue weighted by atomic mass is 10.1. The molecule has 1 atom stereocenters. The number of carboxylic acid groups (broad SMARTS) is 1. The molecule has 1 aromatic rings. The van der Waals surface area contributed by atoms with Crippen LogP contribution in [-0.4, -0.2) is 23.5 Å². The van der Waals surface area contributed by atoms with Crippen LogP contribution in [0, 0.1) is 12.8 Å². The SMILES string of the molecule is CCC(CNC(=O)c1ccc(Cl)cc1C)C(=O)O. The van der Waals surface area contributed by atoms with Crippen LogP contribution in [0.5, 0.6) is 0 Å². The van der Waals surface area contributed by atoms with E-state index in [1.54, 1.807) is 32.0 Å². The lowest BCUT2D eigenvalue weighted by Gasteiger charge is -2.12. The summed E-state index contributed by atoms with van der Waals surface area (Å²) in [5.74, 6) is -1.73. The summed E-state index contributed by atoms with van der Waals surface area (Å²) in [6, 6.07) is 4.97. The van der Waals surface area contributed by atoms with Crippen molar-refractivity contribution in [2.75, 3.05) is 6.54 Å². The quantitative estimate of drug-likeness (QED) is 0.863. The number of halogens is 1. The van der Waals surface area contributed by atoms with E-state index in [2.05, 4.69) is 5.32 Å². The number of carbonyl (C=O) groups excluding carboxylic acids is 1. The number of rotatable bonds is 5. The summed E-state index contributed by atoms with van der Waals surface area (Å²) in [5, 5.41) is 12.1. The highest BCUT2D eigenvalue weighted by Crippen LogP contribution is 2.15. The second-order valence-electron chi connectivity index (χ2n) is 4.11. The third-order valence-corrected chi connectivity index (χ3v) is 3.02. The Morgan fingerprint density at radius 3 is 2.61 bits per heavy atom. The number of aliphatic carboxylic acids is 1. The number of carboxylic acids is 1. The Morgan fingerprint density at radius 2 is 2.11 bits per heavy atom. The molecule has 0 spiro atoms. The number of hydrogen-bond donors (Lipinski definition) is 2. The largest absolute Gasteiger partial charge is 0.481 e. The van der Waals surface area contributed by atoms with Crippen molar-refractivity contribution in [3.63, 3.8) is 0 Å². The van der Waals surface area contributed by atoms with Crippen LogP contribution >= 0.6 is 11.6 Å². The first-order valence-corrected chi connectivity index (χ1v) is 6.10. The minimum atomic E-state index is -0.898. The predicted octanol–water partition coefficient (Wildman–Crippen LogP) is 2.49. The molecule has 0 radical (unpaired) electrons. The zero-order chi connectivity index (χ0) is 13.7. The third kappa shape index (κ3) is 3.74. The molecule has 0 aliphatic rings. The summed E-state index contributed by atoms with van der Waals surface area (Å²) >= 11 is 5.80. The van der Waals surface area contributed by atoms with Gasteiger partial charge in [0.2, 0.25) is 0 Å². The van der Waals surface area contributed by atoms with E-state index in [0.29, 0.717) is 17.0 Å². The van der Waals surface area contributed by atoms with E-state index < -0.39 is 11.9 Å². The van der Waals surface area contributed by atoms with Gasteiger partial charge in [0, 0.05) is 17.1 Å². The van der Waals surface area contributed by atoms with Crippen LogP contribution in [0.2, 0.25) is 5.02 Å². The van der Waals surface area contributed by atoms with E-state index in [4.69, 9.17) is 16.7 Å². The van der Waals surface area contributed by atoms with Gasteiger partial charge in [-0.1, -0.05) is 18.5 Å². The van der Waals surface area contributed by atoms with Gasteiger partial charge in [-0.2, -0.15) is 0 Å². The Bertz CT molecular complexity index is 460. The van der Waals surface area contributed by atoms with Gasteiger partial charge >= 0.3 is 5.97 Å². The molecule has 4 nitrogen and oxygen atoms in total. The minimum Gasteiger partial charge on any atom is -0.481 e. The summed E-state index contributed by atoms with van der Waals surface area (Å²) in [7, 11) is 0. The van der Waals surface area contributed by atoms with E-state index >= 15 is 0 Å². The molecule has 1 amide bonds. The standard InChI is InChI=1S/C13H16ClNO3/c1-3-9(13(17)18)7-15-12(16)11-5-4-10(14)6-8(11)2/h4-6,9H,3,7H2,1-2H3,(H,15,16)(H,17,18). The van der Waals surface area contributed by atoms with Gasteiger partial charge in [-0.25, -0.2) is 0 Å². The summed E-state index contributed by atoms with van der Waals surface area (Å²) in [4.78, 5) is 22.7. The highest BCUT2D eigenvalue weighted by Gasteiger charge is 2.17. The molecule has 0 saturated carbocycles. The second kappa shape index (κ2) is 6.40. The van der Waals surface area contributed by atoms with Crippen molar-refractivity contribution in [1.29, 1.82) is 0 Å². The fourth-order valence-corrected chi connectivity index (χ4v) is 1.83. The molecule has 0 aromatic heterocycles.